The molecule has 0 aliphatic heterocycles. The van der Waals surface area contributed by atoms with E-state index in [1.807, 2.05) is 0 Å². The fourth-order valence-electron chi connectivity index (χ4n) is 6.94. The van der Waals surface area contributed by atoms with Crippen LogP contribution in [0, 0.1) is 40.4 Å². The van der Waals surface area contributed by atoms with E-state index >= 15 is 0 Å². The Hall–Kier alpha value is -1.18. The number of allylic oxidation sites excluding steroid dienone is 4. The van der Waals surface area contributed by atoms with Crippen molar-refractivity contribution in [2.45, 2.75) is 40.0 Å². The lowest BCUT2D eigenvalue weighted by atomic mass is 9.62. The first kappa shape index (κ1) is 12.4. The van der Waals surface area contributed by atoms with Gasteiger partial charge in [0.05, 0.1) is 0 Å². The zero-order valence-electron chi connectivity index (χ0n) is 13.0. The molecule has 21 heavy (non-hydrogen) atoms. The van der Waals surface area contributed by atoms with E-state index in [1.54, 1.807) is 23.3 Å². The summed E-state index contributed by atoms with van der Waals surface area (Å²) in [6, 6.07) is 0. The van der Waals surface area contributed by atoms with Gasteiger partial charge in [0, 0.05) is 11.8 Å². The molecule has 0 aromatic heterocycles. The van der Waals surface area contributed by atoms with Gasteiger partial charge in [0.2, 0.25) is 0 Å². The van der Waals surface area contributed by atoms with Crippen molar-refractivity contribution >= 4 is 11.6 Å². The van der Waals surface area contributed by atoms with Gasteiger partial charge in [-0.3, -0.25) is 9.59 Å². The molecule has 6 atom stereocenters. The first-order valence-corrected chi connectivity index (χ1v) is 8.38. The van der Waals surface area contributed by atoms with Crippen molar-refractivity contribution in [1.29, 1.82) is 0 Å². The highest BCUT2D eigenvalue weighted by Crippen LogP contribution is 2.77. The minimum absolute atomic E-state index is 0.0231. The van der Waals surface area contributed by atoms with Gasteiger partial charge in [-0.2, -0.15) is 0 Å². The van der Waals surface area contributed by atoms with Crippen LogP contribution in [0.25, 0.3) is 0 Å². The molecule has 0 N–H and O–H groups in total. The van der Waals surface area contributed by atoms with Crippen molar-refractivity contribution in [1.82, 2.24) is 0 Å². The second kappa shape index (κ2) is 3.26. The van der Waals surface area contributed by atoms with E-state index in [2.05, 4.69) is 20.8 Å². The Bertz CT molecular complexity index is 665. The fraction of sp³-hybridized carbons (Fsp3) is 0.684. The Kier molecular flexibility index (Phi) is 1.92. The van der Waals surface area contributed by atoms with Crippen LogP contribution in [0.5, 0.6) is 0 Å². The van der Waals surface area contributed by atoms with Crippen molar-refractivity contribution in [2.24, 2.45) is 40.4 Å². The summed E-state index contributed by atoms with van der Waals surface area (Å²) >= 11 is 0. The highest BCUT2D eigenvalue weighted by Gasteiger charge is 2.70. The predicted octanol–water partition coefficient (Wildman–Crippen LogP) is 3.33. The molecule has 0 aromatic rings. The average Bonchev–Trinajstić information content (AvgIpc) is 3.09. The summed E-state index contributed by atoms with van der Waals surface area (Å²) in [4.78, 5) is 24.8. The first-order chi connectivity index (χ1) is 9.88. The molecule has 2 heteroatoms. The van der Waals surface area contributed by atoms with Crippen LogP contribution in [-0.2, 0) is 9.59 Å². The van der Waals surface area contributed by atoms with E-state index in [4.69, 9.17) is 0 Å². The van der Waals surface area contributed by atoms with Gasteiger partial charge in [-0.25, -0.2) is 0 Å². The van der Waals surface area contributed by atoms with Gasteiger partial charge in [0.25, 0.3) is 0 Å². The Labute approximate surface area is 125 Å². The monoisotopic (exact) mass is 282 g/mol. The van der Waals surface area contributed by atoms with Crippen LogP contribution >= 0.6 is 0 Å². The number of carbonyl (C=O) groups is 2. The minimum Gasteiger partial charge on any atom is -0.294 e. The van der Waals surface area contributed by atoms with E-state index in [9.17, 15) is 9.59 Å². The summed E-state index contributed by atoms with van der Waals surface area (Å²) < 4.78 is 0. The maximum Gasteiger partial charge on any atom is 0.160 e. The lowest BCUT2D eigenvalue weighted by Crippen LogP contribution is -2.40. The van der Waals surface area contributed by atoms with Gasteiger partial charge in [0.1, 0.15) is 0 Å². The van der Waals surface area contributed by atoms with Crippen molar-refractivity contribution in [3.8, 4) is 0 Å². The van der Waals surface area contributed by atoms with Gasteiger partial charge in [-0.05, 0) is 60.0 Å². The molecule has 0 spiro atoms. The summed E-state index contributed by atoms with van der Waals surface area (Å²) in [6.07, 6.45) is 6.71. The Morgan fingerprint density at radius 3 is 2.29 bits per heavy atom. The molecule has 4 unspecified atom stereocenters. The first-order valence-electron chi connectivity index (χ1n) is 8.38. The quantitative estimate of drug-likeness (QED) is 0.504. The molecular formula is C19H22O2. The van der Waals surface area contributed by atoms with Crippen LogP contribution in [0.2, 0.25) is 0 Å². The van der Waals surface area contributed by atoms with Crippen molar-refractivity contribution in [3.63, 3.8) is 0 Å². The van der Waals surface area contributed by atoms with Crippen molar-refractivity contribution in [3.05, 3.63) is 23.3 Å². The largest absolute Gasteiger partial charge is 0.294 e. The topological polar surface area (TPSA) is 34.1 Å². The lowest BCUT2D eigenvalue weighted by molar-refractivity contribution is -0.129. The third kappa shape index (κ3) is 1.06. The Morgan fingerprint density at radius 2 is 1.62 bits per heavy atom. The zero-order chi connectivity index (χ0) is 14.7. The summed E-state index contributed by atoms with van der Waals surface area (Å²) in [5.41, 5.74) is 3.81. The van der Waals surface area contributed by atoms with Crippen LogP contribution in [-0.4, -0.2) is 11.6 Å². The highest BCUT2D eigenvalue weighted by atomic mass is 16.1. The summed E-state index contributed by atoms with van der Waals surface area (Å²) in [5.74, 6) is 1.77. The molecule has 0 radical (unpaired) electrons. The molecule has 0 amide bonds. The molecule has 4 bridgehead atoms. The average molecular weight is 282 g/mol. The van der Waals surface area contributed by atoms with E-state index in [-0.39, 0.29) is 28.8 Å². The number of fused-ring (bicyclic) bond motifs is 11. The molecule has 2 fully saturated rings. The number of ketones is 2. The number of carbonyl (C=O) groups excluding carboxylic acids is 2. The van der Waals surface area contributed by atoms with E-state index in [0.29, 0.717) is 23.2 Å². The van der Waals surface area contributed by atoms with Gasteiger partial charge < -0.3 is 0 Å². The minimum atomic E-state index is -0.0294. The molecule has 110 valence electrons. The number of rotatable bonds is 0. The Morgan fingerprint density at radius 1 is 1.00 bits per heavy atom. The second-order valence-electron chi connectivity index (χ2n) is 8.65. The van der Waals surface area contributed by atoms with Gasteiger partial charge in [-0.1, -0.05) is 31.9 Å². The molecule has 0 saturated heterocycles. The normalized spacial score (nSPS) is 51.9. The predicted molar refractivity (Wildman–Crippen MR) is 79.4 cm³/mol. The smallest absolute Gasteiger partial charge is 0.160 e. The molecular weight excluding hydrogens is 260 g/mol. The SMILES string of the molecule is CC12CCC(C3=C1C1CC3[C@H]3C(=O)C=CC(=O)[C@@H]13)C2(C)C. The molecule has 0 aromatic carbocycles. The maximum absolute atomic E-state index is 12.4. The van der Waals surface area contributed by atoms with E-state index in [1.165, 1.54) is 12.8 Å². The van der Waals surface area contributed by atoms with Crippen LogP contribution in [0.1, 0.15) is 40.0 Å². The summed E-state index contributed by atoms with van der Waals surface area (Å²) in [5, 5.41) is 0. The number of hydrogen-bond acceptors (Lipinski definition) is 2. The number of hydrogen-bond donors (Lipinski definition) is 0. The van der Waals surface area contributed by atoms with Gasteiger partial charge in [-0.15, -0.1) is 0 Å². The molecule has 2 saturated carbocycles. The van der Waals surface area contributed by atoms with E-state index < -0.39 is 0 Å². The standard InChI is InChI=1S/C19H22O2/c1-18(2)11-6-7-19(18,3)17-10-8-9(14(11)17)15-12(20)4-5-13(21)16(10)15/h4-5,9-11,15-16H,6-8H2,1-3H3/t9?,10?,11?,15-,16+,19?/m0/s1. The summed E-state index contributed by atoms with van der Waals surface area (Å²) in [6.45, 7) is 7.25. The van der Waals surface area contributed by atoms with E-state index in [0.717, 1.165) is 6.42 Å². The molecule has 5 aliphatic carbocycles. The van der Waals surface area contributed by atoms with Gasteiger partial charge >= 0.3 is 0 Å². The highest BCUT2D eigenvalue weighted by molar-refractivity contribution is 6.08. The molecule has 5 aliphatic rings. The zero-order valence-corrected chi connectivity index (χ0v) is 13.0. The van der Waals surface area contributed by atoms with Crippen LogP contribution in [0.3, 0.4) is 0 Å². The van der Waals surface area contributed by atoms with Crippen LogP contribution < -0.4 is 0 Å². The fourth-order valence-corrected chi connectivity index (χ4v) is 6.94. The van der Waals surface area contributed by atoms with Crippen molar-refractivity contribution < 1.29 is 9.59 Å². The van der Waals surface area contributed by atoms with Crippen LogP contribution in [0.15, 0.2) is 23.3 Å². The summed E-state index contributed by atoms with van der Waals surface area (Å²) in [7, 11) is 0. The molecule has 5 rings (SSSR count). The van der Waals surface area contributed by atoms with Crippen LogP contribution in [0.4, 0.5) is 0 Å². The third-order valence-corrected chi connectivity index (χ3v) is 8.11. The maximum atomic E-state index is 12.4. The van der Waals surface area contributed by atoms with Gasteiger partial charge in [0.15, 0.2) is 11.6 Å². The molecule has 2 nitrogen and oxygen atoms in total. The van der Waals surface area contributed by atoms with Crippen molar-refractivity contribution in [2.75, 3.05) is 0 Å². The second-order valence-corrected chi connectivity index (χ2v) is 8.65. The molecule has 0 heterocycles. The lowest BCUT2D eigenvalue weighted by Gasteiger charge is -2.41. The third-order valence-electron chi connectivity index (χ3n) is 8.11. The Balaban J connectivity index is 1.71.